The summed E-state index contributed by atoms with van der Waals surface area (Å²) in [5.41, 5.74) is 0. The maximum Gasteiger partial charge on any atom is 0.223 e. The average Bonchev–Trinajstić information content (AvgIpc) is 2.88. The fraction of sp³-hybridized carbons (Fsp3) is 0.583. The van der Waals surface area contributed by atoms with E-state index in [1.54, 1.807) is 11.2 Å². The Labute approximate surface area is 106 Å². The van der Waals surface area contributed by atoms with Gasteiger partial charge in [-0.05, 0) is 12.1 Å². The van der Waals surface area contributed by atoms with E-state index >= 15 is 0 Å². The molecule has 1 aliphatic heterocycles. The fourth-order valence-electron chi connectivity index (χ4n) is 2.14. The zero-order valence-corrected chi connectivity index (χ0v) is 10.5. The number of carbonyl (C=O) groups excluding carboxylic acids is 1. The summed E-state index contributed by atoms with van der Waals surface area (Å²) in [5, 5.41) is 9.47. The molecule has 2 unspecified atom stereocenters. The lowest BCUT2D eigenvalue weighted by atomic mass is 10.0. The number of hydrogen-bond acceptors (Lipinski definition) is 4. The number of hydrogen-bond donors (Lipinski definition) is 2. The van der Waals surface area contributed by atoms with E-state index in [2.05, 4.69) is 12.6 Å². The second-order valence-corrected chi connectivity index (χ2v) is 5.22. The van der Waals surface area contributed by atoms with Crippen LogP contribution in [0.25, 0.3) is 0 Å². The third kappa shape index (κ3) is 3.26. The summed E-state index contributed by atoms with van der Waals surface area (Å²) in [7, 11) is 0. The number of rotatable bonds is 5. The highest BCUT2D eigenvalue weighted by molar-refractivity contribution is 7.81. The molecule has 0 bridgehead atoms. The molecule has 0 radical (unpaired) electrons. The molecule has 0 aliphatic carbocycles. The summed E-state index contributed by atoms with van der Waals surface area (Å²) in [4.78, 5) is 13.4. The molecular formula is C12H17NO3S. The summed E-state index contributed by atoms with van der Waals surface area (Å²) in [6, 6.07) is 3.71. The fourth-order valence-corrected chi connectivity index (χ4v) is 2.49. The van der Waals surface area contributed by atoms with Crippen LogP contribution in [0.2, 0.25) is 0 Å². The van der Waals surface area contributed by atoms with Crippen LogP contribution in [0.3, 0.4) is 0 Å². The highest BCUT2D eigenvalue weighted by Crippen LogP contribution is 2.19. The number of aliphatic hydroxyl groups is 1. The van der Waals surface area contributed by atoms with E-state index in [1.807, 2.05) is 12.1 Å². The van der Waals surface area contributed by atoms with Crippen LogP contribution in [-0.2, 0) is 11.2 Å². The Balaban J connectivity index is 1.89. The summed E-state index contributed by atoms with van der Waals surface area (Å²) in [6.07, 6.45) is 2.78. The van der Waals surface area contributed by atoms with Crippen LogP contribution in [0.1, 0.15) is 12.2 Å². The van der Waals surface area contributed by atoms with Gasteiger partial charge >= 0.3 is 0 Å². The number of aliphatic hydroxyl groups excluding tert-OH is 1. The van der Waals surface area contributed by atoms with Gasteiger partial charge in [-0.15, -0.1) is 0 Å². The third-order valence-electron chi connectivity index (χ3n) is 3.00. The van der Waals surface area contributed by atoms with Crippen molar-refractivity contribution in [2.24, 2.45) is 5.92 Å². The van der Waals surface area contributed by atoms with Gasteiger partial charge in [-0.2, -0.15) is 12.6 Å². The number of nitrogens with zero attached hydrogens (tertiary/aromatic N) is 1. The second kappa shape index (κ2) is 5.60. The van der Waals surface area contributed by atoms with Crippen molar-refractivity contribution in [3.05, 3.63) is 24.2 Å². The maximum absolute atomic E-state index is 11.6. The number of thiol groups is 1. The highest BCUT2D eigenvalue weighted by Gasteiger charge is 2.28. The molecule has 0 aromatic carbocycles. The van der Waals surface area contributed by atoms with Crippen LogP contribution in [-0.4, -0.2) is 40.9 Å². The molecule has 1 amide bonds. The maximum atomic E-state index is 11.6. The first-order valence-corrected chi connectivity index (χ1v) is 6.29. The summed E-state index contributed by atoms with van der Waals surface area (Å²) >= 11 is 4.31. The first-order chi connectivity index (χ1) is 8.19. The molecule has 1 aliphatic rings. The van der Waals surface area contributed by atoms with Crippen LogP contribution in [0, 0.1) is 5.92 Å². The van der Waals surface area contributed by atoms with Gasteiger partial charge in [0.1, 0.15) is 5.76 Å². The zero-order chi connectivity index (χ0) is 12.3. The van der Waals surface area contributed by atoms with Gasteiger partial charge in [0.05, 0.1) is 6.26 Å². The van der Waals surface area contributed by atoms with Crippen LogP contribution in [0.4, 0.5) is 0 Å². The van der Waals surface area contributed by atoms with Crippen LogP contribution >= 0.6 is 12.6 Å². The van der Waals surface area contributed by atoms with Crippen molar-refractivity contribution in [3.8, 4) is 0 Å². The normalized spacial score (nSPS) is 22.1. The van der Waals surface area contributed by atoms with Gasteiger partial charge in [0.25, 0.3) is 0 Å². The van der Waals surface area contributed by atoms with Gasteiger partial charge < -0.3 is 14.4 Å². The van der Waals surface area contributed by atoms with Crippen molar-refractivity contribution in [3.63, 3.8) is 0 Å². The Morgan fingerprint density at radius 1 is 1.65 bits per heavy atom. The molecule has 4 nitrogen and oxygen atoms in total. The Morgan fingerprint density at radius 3 is 3.00 bits per heavy atom. The quantitative estimate of drug-likeness (QED) is 0.771. The van der Waals surface area contributed by atoms with E-state index < -0.39 is 0 Å². The average molecular weight is 255 g/mol. The van der Waals surface area contributed by atoms with Gasteiger partial charge in [0.15, 0.2) is 0 Å². The largest absolute Gasteiger partial charge is 0.469 e. The molecule has 0 spiro atoms. The Bertz CT molecular complexity index is 366. The van der Waals surface area contributed by atoms with Crippen molar-refractivity contribution in [1.82, 2.24) is 4.90 Å². The molecule has 1 N–H and O–H groups in total. The third-order valence-corrected chi connectivity index (χ3v) is 3.35. The molecule has 2 atom stereocenters. The first-order valence-electron chi connectivity index (χ1n) is 5.78. The highest BCUT2D eigenvalue weighted by atomic mass is 32.1. The van der Waals surface area contributed by atoms with Crippen molar-refractivity contribution in [2.75, 3.05) is 19.7 Å². The smallest absolute Gasteiger partial charge is 0.223 e. The first kappa shape index (κ1) is 12.5. The number of furan rings is 1. The van der Waals surface area contributed by atoms with Gasteiger partial charge in [0.2, 0.25) is 5.91 Å². The van der Waals surface area contributed by atoms with E-state index in [1.165, 1.54) is 0 Å². The predicted octanol–water partition coefficient (Wildman–Crippen LogP) is 0.961. The minimum Gasteiger partial charge on any atom is -0.469 e. The molecule has 1 saturated heterocycles. The molecule has 17 heavy (non-hydrogen) atoms. The molecule has 1 aromatic rings. The van der Waals surface area contributed by atoms with E-state index in [0.717, 1.165) is 5.76 Å². The Morgan fingerprint density at radius 2 is 2.47 bits per heavy atom. The Kier molecular flexibility index (Phi) is 4.12. The van der Waals surface area contributed by atoms with E-state index in [-0.39, 0.29) is 23.7 Å². The molecular weight excluding hydrogens is 238 g/mol. The van der Waals surface area contributed by atoms with Crippen molar-refractivity contribution in [1.29, 1.82) is 0 Å². The van der Waals surface area contributed by atoms with Crippen molar-refractivity contribution in [2.45, 2.75) is 18.1 Å². The lowest BCUT2D eigenvalue weighted by Gasteiger charge is -2.21. The Hall–Kier alpha value is -0.940. The van der Waals surface area contributed by atoms with Crippen molar-refractivity contribution >= 4 is 18.5 Å². The van der Waals surface area contributed by atoms with E-state index in [4.69, 9.17) is 4.42 Å². The topological polar surface area (TPSA) is 53.7 Å². The summed E-state index contributed by atoms with van der Waals surface area (Å²) < 4.78 is 5.25. The molecule has 0 saturated carbocycles. The SMILES string of the molecule is O=C1CC(S)CN1CC(CO)Cc1ccco1. The summed E-state index contributed by atoms with van der Waals surface area (Å²) in [6.45, 7) is 1.31. The molecule has 1 fully saturated rings. The van der Waals surface area contributed by atoms with Gasteiger partial charge in [-0.1, -0.05) is 0 Å². The molecule has 1 aromatic heterocycles. The lowest BCUT2D eigenvalue weighted by Crippen LogP contribution is -2.33. The number of likely N-dealkylation sites (tertiary alicyclic amines) is 1. The van der Waals surface area contributed by atoms with E-state index in [9.17, 15) is 9.90 Å². The second-order valence-electron chi connectivity index (χ2n) is 4.49. The lowest BCUT2D eigenvalue weighted by molar-refractivity contribution is -0.128. The standard InChI is InChI=1S/C12H17NO3S/c14-8-9(4-10-2-1-3-16-10)6-13-7-11(17)5-12(13)15/h1-3,9,11,14,17H,4-8H2. The molecule has 2 rings (SSSR count). The molecule has 5 heteroatoms. The monoisotopic (exact) mass is 255 g/mol. The number of amides is 1. The van der Waals surface area contributed by atoms with E-state index in [0.29, 0.717) is 25.9 Å². The van der Waals surface area contributed by atoms with Crippen molar-refractivity contribution < 1.29 is 14.3 Å². The van der Waals surface area contributed by atoms with Gasteiger partial charge in [-0.25, -0.2) is 0 Å². The van der Waals surface area contributed by atoms with Crippen LogP contribution < -0.4 is 0 Å². The zero-order valence-electron chi connectivity index (χ0n) is 9.58. The van der Waals surface area contributed by atoms with Gasteiger partial charge in [0, 0.05) is 43.7 Å². The minimum absolute atomic E-state index is 0.0312. The predicted molar refractivity (Wildman–Crippen MR) is 67.0 cm³/mol. The minimum atomic E-state index is 0.0312. The van der Waals surface area contributed by atoms with Crippen LogP contribution in [0.5, 0.6) is 0 Å². The number of carbonyl (C=O) groups is 1. The van der Waals surface area contributed by atoms with Gasteiger partial charge in [-0.3, -0.25) is 4.79 Å². The summed E-state index contributed by atoms with van der Waals surface area (Å²) in [5.74, 6) is 1.00. The molecule has 2 heterocycles. The van der Waals surface area contributed by atoms with Crippen LogP contribution in [0.15, 0.2) is 22.8 Å². The molecule has 94 valence electrons.